The summed E-state index contributed by atoms with van der Waals surface area (Å²) >= 11 is 0. The summed E-state index contributed by atoms with van der Waals surface area (Å²) < 4.78 is 0. The molecule has 1 atom stereocenters. The van der Waals surface area contributed by atoms with E-state index >= 15 is 0 Å². The minimum absolute atomic E-state index is 0.562. The molecule has 1 heteroatoms. The minimum Gasteiger partial charge on any atom is -0.330 e. The molecule has 0 saturated heterocycles. The highest BCUT2D eigenvalue weighted by molar-refractivity contribution is 5.43. The quantitative estimate of drug-likeness (QED) is 0.823. The van der Waals surface area contributed by atoms with Crippen LogP contribution in [0, 0.1) is 6.92 Å². The van der Waals surface area contributed by atoms with Crippen molar-refractivity contribution in [3.63, 3.8) is 0 Å². The number of benzene rings is 1. The van der Waals surface area contributed by atoms with Crippen molar-refractivity contribution in [1.29, 1.82) is 0 Å². The fourth-order valence-electron chi connectivity index (χ4n) is 3.85. The summed E-state index contributed by atoms with van der Waals surface area (Å²) in [6, 6.07) is 7.11. The Hall–Kier alpha value is -0.820. The highest BCUT2D eigenvalue weighted by atomic mass is 14.5. The highest BCUT2D eigenvalue weighted by Gasteiger charge is 2.43. The van der Waals surface area contributed by atoms with Gasteiger partial charge in [0.15, 0.2) is 0 Å². The maximum Gasteiger partial charge on any atom is -0.00438 e. The van der Waals surface area contributed by atoms with Gasteiger partial charge in [-0.3, -0.25) is 0 Å². The number of hydrogen-bond acceptors (Lipinski definition) is 1. The standard InChI is InChI=1S/C16H23N/c1-12-3-4-14-13(6-10-17)5-9-16(7-2-8-16)15(14)11-12/h3-4,11,13H,2,5-10,17H2,1H3. The first-order chi connectivity index (χ1) is 8.25. The number of fused-ring (bicyclic) bond motifs is 2. The molecule has 2 aliphatic carbocycles. The van der Waals surface area contributed by atoms with Crippen molar-refractivity contribution < 1.29 is 0 Å². The van der Waals surface area contributed by atoms with E-state index < -0.39 is 0 Å². The Kier molecular flexibility index (Phi) is 2.74. The first-order valence-electron chi connectivity index (χ1n) is 7.06. The van der Waals surface area contributed by atoms with Crippen LogP contribution in [0.2, 0.25) is 0 Å². The van der Waals surface area contributed by atoms with Crippen LogP contribution in [-0.4, -0.2) is 6.54 Å². The van der Waals surface area contributed by atoms with Gasteiger partial charge < -0.3 is 5.73 Å². The molecule has 17 heavy (non-hydrogen) atoms. The summed E-state index contributed by atoms with van der Waals surface area (Å²) in [6.45, 7) is 3.05. The molecule has 0 aromatic heterocycles. The lowest BCUT2D eigenvalue weighted by Crippen LogP contribution is -2.39. The summed E-state index contributed by atoms with van der Waals surface area (Å²) in [7, 11) is 0. The molecule has 0 amide bonds. The summed E-state index contributed by atoms with van der Waals surface area (Å²) in [5.74, 6) is 0.724. The van der Waals surface area contributed by atoms with Crippen LogP contribution in [0.1, 0.15) is 61.1 Å². The Labute approximate surface area is 104 Å². The van der Waals surface area contributed by atoms with Gasteiger partial charge in [-0.05, 0) is 68.0 Å². The molecule has 1 saturated carbocycles. The van der Waals surface area contributed by atoms with Gasteiger partial charge in [-0.15, -0.1) is 0 Å². The lowest BCUT2D eigenvalue weighted by atomic mass is 9.56. The Balaban J connectivity index is 2.03. The fourth-order valence-corrected chi connectivity index (χ4v) is 3.85. The first-order valence-corrected chi connectivity index (χ1v) is 7.06. The number of nitrogens with two attached hydrogens (primary N) is 1. The fraction of sp³-hybridized carbons (Fsp3) is 0.625. The lowest BCUT2D eigenvalue weighted by Gasteiger charge is -2.48. The SMILES string of the molecule is Cc1ccc2c(c1)C1(CCC1)CCC2CCN. The van der Waals surface area contributed by atoms with E-state index in [0.29, 0.717) is 5.41 Å². The molecule has 1 unspecified atom stereocenters. The second-order valence-electron chi connectivity index (χ2n) is 6.04. The molecule has 3 rings (SSSR count). The van der Waals surface area contributed by atoms with Gasteiger partial charge in [-0.2, -0.15) is 0 Å². The highest BCUT2D eigenvalue weighted by Crippen LogP contribution is 2.54. The van der Waals surface area contributed by atoms with Crippen LogP contribution in [0.25, 0.3) is 0 Å². The largest absolute Gasteiger partial charge is 0.330 e. The second kappa shape index (κ2) is 4.13. The van der Waals surface area contributed by atoms with Crippen molar-refractivity contribution >= 4 is 0 Å². The van der Waals surface area contributed by atoms with E-state index in [1.165, 1.54) is 37.7 Å². The van der Waals surface area contributed by atoms with Crippen LogP contribution in [0.5, 0.6) is 0 Å². The van der Waals surface area contributed by atoms with Gasteiger partial charge in [0, 0.05) is 0 Å². The van der Waals surface area contributed by atoms with Gasteiger partial charge in [-0.25, -0.2) is 0 Å². The average molecular weight is 229 g/mol. The van der Waals surface area contributed by atoms with E-state index in [9.17, 15) is 0 Å². The maximum atomic E-state index is 5.76. The van der Waals surface area contributed by atoms with Gasteiger partial charge in [0.1, 0.15) is 0 Å². The van der Waals surface area contributed by atoms with Crippen molar-refractivity contribution in [3.05, 3.63) is 34.9 Å². The molecule has 0 radical (unpaired) electrons. The Morgan fingerprint density at radius 2 is 2.12 bits per heavy atom. The predicted molar refractivity (Wildman–Crippen MR) is 72.4 cm³/mol. The van der Waals surface area contributed by atoms with Crippen LogP contribution in [-0.2, 0) is 5.41 Å². The van der Waals surface area contributed by atoms with Crippen molar-refractivity contribution in [3.8, 4) is 0 Å². The van der Waals surface area contributed by atoms with Gasteiger partial charge >= 0.3 is 0 Å². The van der Waals surface area contributed by atoms with Gasteiger partial charge in [-0.1, -0.05) is 30.2 Å². The van der Waals surface area contributed by atoms with E-state index in [0.717, 1.165) is 18.9 Å². The number of rotatable bonds is 2. The normalized spacial score (nSPS) is 25.4. The maximum absolute atomic E-state index is 5.76. The van der Waals surface area contributed by atoms with Crippen LogP contribution in [0.3, 0.4) is 0 Å². The lowest BCUT2D eigenvalue weighted by molar-refractivity contribution is 0.197. The molecular formula is C16H23N. The molecule has 0 aliphatic heterocycles. The summed E-state index contributed by atoms with van der Waals surface area (Å²) in [6.07, 6.45) is 8.17. The monoisotopic (exact) mass is 229 g/mol. The van der Waals surface area contributed by atoms with Gasteiger partial charge in [0.2, 0.25) is 0 Å². The third-order valence-corrected chi connectivity index (χ3v) is 5.02. The zero-order valence-electron chi connectivity index (χ0n) is 10.8. The Bertz CT molecular complexity index is 418. The molecule has 1 fully saturated rings. The summed E-state index contributed by atoms with van der Waals surface area (Å²) in [5.41, 5.74) is 11.0. The summed E-state index contributed by atoms with van der Waals surface area (Å²) in [5, 5.41) is 0. The Morgan fingerprint density at radius 1 is 1.29 bits per heavy atom. The third kappa shape index (κ3) is 1.72. The molecule has 92 valence electrons. The van der Waals surface area contributed by atoms with E-state index in [1.807, 2.05) is 0 Å². The van der Waals surface area contributed by atoms with Gasteiger partial charge in [0.25, 0.3) is 0 Å². The topological polar surface area (TPSA) is 26.0 Å². The molecule has 0 bridgehead atoms. The minimum atomic E-state index is 0.562. The van der Waals surface area contributed by atoms with Crippen molar-refractivity contribution in [2.24, 2.45) is 5.73 Å². The van der Waals surface area contributed by atoms with Gasteiger partial charge in [0.05, 0.1) is 0 Å². The second-order valence-corrected chi connectivity index (χ2v) is 6.04. The zero-order valence-corrected chi connectivity index (χ0v) is 10.8. The Morgan fingerprint density at radius 3 is 2.76 bits per heavy atom. The van der Waals surface area contributed by atoms with E-state index in [4.69, 9.17) is 5.73 Å². The predicted octanol–water partition coefficient (Wildman–Crippen LogP) is 3.64. The van der Waals surface area contributed by atoms with E-state index in [2.05, 4.69) is 25.1 Å². The summed E-state index contributed by atoms with van der Waals surface area (Å²) in [4.78, 5) is 0. The molecule has 1 spiro atoms. The molecule has 0 heterocycles. The number of hydrogen-bond donors (Lipinski definition) is 1. The average Bonchev–Trinajstić information content (AvgIpc) is 2.27. The van der Waals surface area contributed by atoms with Crippen LogP contribution < -0.4 is 5.73 Å². The smallest absolute Gasteiger partial charge is 0.00438 e. The molecule has 2 aliphatic rings. The van der Waals surface area contributed by atoms with Crippen LogP contribution in [0.4, 0.5) is 0 Å². The van der Waals surface area contributed by atoms with Crippen molar-refractivity contribution in [1.82, 2.24) is 0 Å². The van der Waals surface area contributed by atoms with Crippen molar-refractivity contribution in [2.45, 2.75) is 56.8 Å². The molecular weight excluding hydrogens is 206 g/mol. The van der Waals surface area contributed by atoms with Crippen molar-refractivity contribution in [2.75, 3.05) is 6.54 Å². The third-order valence-electron chi connectivity index (χ3n) is 5.02. The molecule has 1 nitrogen and oxygen atoms in total. The molecule has 1 aromatic carbocycles. The number of aryl methyl sites for hydroxylation is 1. The van der Waals surface area contributed by atoms with Crippen LogP contribution >= 0.6 is 0 Å². The van der Waals surface area contributed by atoms with E-state index in [-0.39, 0.29) is 0 Å². The molecule has 1 aromatic rings. The van der Waals surface area contributed by atoms with E-state index in [1.54, 1.807) is 11.1 Å². The first kappa shape index (κ1) is 11.3. The zero-order chi connectivity index (χ0) is 11.9. The van der Waals surface area contributed by atoms with Crippen LogP contribution in [0.15, 0.2) is 18.2 Å². The molecule has 2 N–H and O–H groups in total.